The van der Waals surface area contributed by atoms with Gasteiger partial charge in [0.1, 0.15) is 0 Å². The predicted molar refractivity (Wildman–Crippen MR) is 56.1 cm³/mol. The lowest BCUT2D eigenvalue weighted by molar-refractivity contribution is 0.242. The van der Waals surface area contributed by atoms with E-state index >= 15 is 0 Å². The molecule has 1 saturated heterocycles. The lowest BCUT2D eigenvalue weighted by atomic mass is 10.1. The van der Waals surface area contributed by atoms with Gasteiger partial charge in [-0.05, 0) is 18.8 Å². The highest BCUT2D eigenvalue weighted by molar-refractivity contribution is 8.24. The maximum absolute atomic E-state index is 10.7. The van der Waals surface area contributed by atoms with Crippen molar-refractivity contribution in [1.82, 2.24) is 0 Å². The van der Waals surface area contributed by atoms with Gasteiger partial charge in [0, 0.05) is 11.5 Å². The molecule has 0 radical (unpaired) electrons. The molecular formula is C7H16O5S2. The summed E-state index contributed by atoms with van der Waals surface area (Å²) in [5.41, 5.74) is 0. The summed E-state index contributed by atoms with van der Waals surface area (Å²) in [7, 11) is -5.74. The second kappa shape index (κ2) is 4.36. The summed E-state index contributed by atoms with van der Waals surface area (Å²) in [5, 5.41) is 0. The first-order valence-electron chi connectivity index (χ1n) is 4.36. The molecule has 5 nitrogen and oxygen atoms in total. The highest BCUT2D eigenvalue weighted by Gasteiger charge is 2.24. The first kappa shape index (κ1) is 12.3. The van der Waals surface area contributed by atoms with Gasteiger partial charge in [0.05, 0.1) is 12.9 Å². The average molecular weight is 244 g/mol. The largest absolute Gasteiger partial charge is 0.299 e. The van der Waals surface area contributed by atoms with Gasteiger partial charge in [-0.1, -0.05) is 0 Å². The van der Waals surface area contributed by atoms with Gasteiger partial charge in [-0.2, -0.15) is 19.0 Å². The standard InChI is InChI=1S/C7H16O5S2/c1-13(8,9)12-6-7-2-4-14(10,11)5-3-7/h7,10-11H,2-6H2,1H3. The van der Waals surface area contributed by atoms with Gasteiger partial charge >= 0.3 is 0 Å². The average Bonchev–Trinajstić information content (AvgIpc) is 2.01. The summed E-state index contributed by atoms with van der Waals surface area (Å²) in [5.74, 6) is 0.861. The van der Waals surface area contributed by atoms with Gasteiger partial charge in [0.25, 0.3) is 10.1 Å². The molecule has 1 aliphatic heterocycles. The van der Waals surface area contributed by atoms with Crippen molar-refractivity contribution in [3.8, 4) is 0 Å². The normalized spacial score (nSPS) is 25.9. The molecule has 14 heavy (non-hydrogen) atoms. The zero-order valence-electron chi connectivity index (χ0n) is 8.05. The van der Waals surface area contributed by atoms with Crippen LogP contribution in [0.5, 0.6) is 0 Å². The van der Waals surface area contributed by atoms with Crippen molar-refractivity contribution in [3.05, 3.63) is 0 Å². The van der Waals surface area contributed by atoms with E-state index in [4.69, 9.17) is 0 Å². The van der Waals surface area contributed by atoms with E-state index in [-0.39, 0.29) is 12.5 Å². The fraction of sp³-hybridized carbons (Fsp3) is 1.00. The molecule has 1 heterocycles. The molecular weight excluding hydrogens is 228 g/mol. The Balaban J connectivity index is 2.30. The van der Waals surface area contributed by atoms with Crippen molar-refractivity contribution in [2.24, 2.45) is 5.92 Å². The van der Waals surface area contributed by atoms with Crippen LogP contribution < -0.4 is 0 Å². The molecule has 0 amide bonds. The smallest absolute Gasteiger partial charge is 0.264 e. The van der Waals surface area contributed by atoms with E-state index in [1.165, 1.54) is 0 Å². The summed E-state index contributed by atoms with van der Waals surface area (Å²) < 4.78 is 44.6. The van der Waals surface area contributed by atoms with Gasteiger partial charge in [0.15, 0.2) is 0 Å². The van der Waals surface area contributed by atoms with E-state index in [0.717, 1.165) is 6.26 Å². The fourth-order valence-corrected chi connectivity index (χ4v) is 3.41. The SMILES string of the molecule is CS(=O)(=O)OCC1CCS(O)(O)CC1. The Hall–Kier alpha value is 0.180. The summed E-state index contributed by atoms with van der Waals surface area (Å²) in [6, 6.07) is 0. The van der Waals surface area contributed by atoms with Gasteiger partial charge in [-0.15, -0.1) is 0 Å². The van der Waals surface area contributed by atoms with Crippen LogP contribution in [-0.4, -0.2) is 41.9 Å². The maximum atomic E-state index is 10.7. The van der Waals surface area contributed by atoms with Crippen molar-refractivity contribution < 1.29 is 21.7 Å². The van der Waals surface area contributed by atoms with Crippen molar-refractivity contribution >= 4 is 20.7 Å². The molecule has 0 unspecified atom stereocenters. The third kappa shape index (κ3) is 4.61. The van der Waals surface area contributed by atoms with Gasteiger partial charge in [0.2, 0.25) is 0 Å². The van der Waals surface area contributed by atoms with Crippen molar-refractivity contribution in [2.45, 2.75) is 12.8 Å². The Labute approximate surface area is 85.9 Å². The Morgan fingerprint density at radius 1 is 1.36 bits per heavy atom. The van der Waals surface area contributed by atoms with Crippen LogP contribution in [-0.2, 0) is 14.3 Å². The molecule has 0 bridgehead atoms. The number of hydrogen-bond donors (Lipinski definition) is 2. The minimum absolute atomic E-state index is 0.129. The van der Waals surface area contributed by atoms with Crippen LogP contribution in [0.25, 0.3) is 0 Å². The Kier molecular flexibility index (Phi) is 3.81. The first-order chi connectivity index (χ1) is 6.29. The van der Waals surface area contributed by atoms with Crippen LogP contribution in [0.1, 0.15) is 12.8 Å². The molecule has 86 valence electrons. The van der Waals surface area contributed by atoms with Crippen LogP contribution in [0.15, 0.2) is 0 Å². The van der Waals surface area contributed by atoms with E-state index in [2.05, 4.69) is 4.18 Å². The van der Waals surface area contributed by atoms with Crippen LogP contribution in [0.3, 0.4) is 0 Å². The molecule has 7 heteroatoms. The summed E-state index contributed by atoms with van der Waals surface area (Å²) in [6.07, 6.45) is 2.26. The molecule has 0 atom stereocenters. The second-order valence-corrected chi connectivity index (χ2v) is 7.71. The van der Waals surface area contributed by atoms with Crippen molar-refractivity contribution in [1.29, 1.82) is 0 Å². The van der Waals surface area contributed by atoms with E-state index in [9.17, 15) is 17.5 Å². The lowest BCUT2D eigenvalue weighted by Gasteiger charge is -2.38. The minimum Gasteiger partial charge on any atom is -0.299 e. The zero-order valence-corrected chi connectivity index (χ0v) is 9.68. The Morgan fingerprint density at radius 2 is 1.86 bits per heavy atom. The van der Waals surface area contributed by atoms with Crippen LogP contribution in [0.4, 0.5) is 0 Å². The molecule has 2 N–H and O–H groups in total. The van der Waals surface area contributed by atoms with E-state index in [1.807, 2.05) is 0 Å². The number of hydrogen-bond acceptors (Lipinski definition) is 5. The van der Waals surface area contributed by atoms with E-state index < -0.39 is 20.7 Å². The maximum Gasteiger partial charge on any atom is 0.264 e. The zero-order chi connectivity index (χ0) is 10.8. The fourth-order valence-electron chi connectivity index (χ4n) is 1.34. The third-order valence-corrected chi connectivity index (χ3v) is 4.57. The molecule has 1 fully saturated rings. The summed E-state index contributed by atoms with van der Waals surface area (Å²) in [6.45, 7) is 0.161. The second-order valence-electron chi connectivity index (χ2n) is 3.64. The van der Waals surface area contributed by atoms with Crippen molar-refractivity contribution in [2.75, 3.05) is 24.4 Å². The van der Waals surface area contributed by atoms with Gasteiger partial charge < -0.3 is 0 Å². The highest BCUT2D eigenvalue weighted by Crippen LogP contribution is 2.45. The Bertz CT molecular complexity index is 274. The molecule has 1 rings (SSSR count). The predicted octanol–water partition coefficient (Wildman–Crippen LogP) is 1.12. The molecule has 0 aliphatic carbocycles. The van der Waals surface area contributed by atoms with Crippen LogP contribution >= 0.6 is 10.6 Å². The third-order valence-electron chi connectivity index (χ3n) is 2.22. The van der Waals surface area contributed by atoms with Crippen molar-refractivity contribution in [3.63, 3.8) is 0 Å². The monoisotopic (exact) mass is 244 g/mol. The summed E-state index contributed by atoms with van der Waals surface area (Å²) >= 11 is 0. The molecule has 0 spiro atoms. The summed E-state index contributed by atoms with van der Waals surface area (Å²) in [4.78, 5) is 0. The lowest BCUT2D eigenvalue weighted by Crippen LogP contribution is -2.24. The van der Waals surface area contributed by atoms with E-state index in [0.29, 0.717) is 24.3 Å². The molecule has 0 aromatic heterocycles. The quantitative estimate of drug-likeness (QED) is 0.727. The molecule has 0 aromatic rings. The molecule has 0 aromatic carbocycles. The Morgan fingerprint density at radius 3 is 2.29 bits per heavy atom. The van der Waals surface area contributed by atoms with Gasteiger partial charge in [-0.3, -0.25) is 13.3 Å². The highest BCUT2D eigenvalue weighted by atomic mass is 32.3. The topological polar surface area (TPSA) is 83.8 Å². The number of rotatable bonds is 3. The molecule has 0 saturated carbocycles. The van der Waals surface area contributed by atoms with Gasteiger partial charge in [-0.25, -0.2) is 0 Å². The van der Waals surface area contributed by atoms with Crippen LogP contribution in [0, 0.1) is 5.92 Å². The van der Waals surface area contributed by atoms with E-state index in [1.54, 1.807) is 0 Å². The van der Waals surface area contributed by atoms with Crippen LogP contribution in [0.2, 0.25) is 0 Å². The first-order valence-corrected chi connectivity index (χ1v) is 8.07. The molecule has 1 aliphatic rings. The minimum atomic E-state index is -3.37.